The van der Waals surface area contributed by atoms with Crippen molar-refractivity contribution in [3.63, 3.8) is 0 Å². The molecule has 0 saturated carbocycles. The predicted molar refractivity (Wildman–Crippen MR) is 67.9 cm³/mol. The number of amides is 1. The standard InChI is InChI=1S/C12H15NO4S/c1-3-17-12(15)10-8-4-5-16-6-9(8)18-11(10)13-7(2)14/h3-6H2,1-2H3,(H,13,14). The summed E-state index contributed by atoms with van der Waals surface area (Å²) in [6, 6.07) is 0. The number of anilines is 1. The molecular formula is C12H15NO4S. The molecular weight excluding hydrogens is 254 g/mol. The first-order valence-corrected chi connectivity index (χ1v) is 6.62. The van der Waals surface area contributed by atoms with Crippen molar-refractivity contribution in [2.24, 2.45) is 0 Å². The van der Waals surface area contributed by atoms with Crippen molar-refractivity contribution in [1.82, 2.24) is 0 Å². The third-order valence-corrected chi connectivity index (χ3v) is 3.71. The van der Waals surface area contributed by atoms with Crippen LogP contribution in [-0.2, 0) is 27.3 Å². The highest BCUT2D eigenvalue weighted by molar-refractivity contribution is 7.17. The SMILES string of the molecule is CCOC(=O)c1c(NC(C)=O)sc2c1CCOC2. The number of thiophene rings is 1. The van der Waals surface area contributed by atoms with Gasteiger partial charge in [-0.25, -0.2) is 4.79 Å². The second-order valence-corrected chi connectivity index (χ2v) is 5.02. The molecule has 0 aliphatic carbocycles. The number of ether oxygens (including phenoxy) is 2. The van der Waals surface area contributed by atoms with E-state index in [9.17, 15) is 9.59 Å². The Morgan fingerprint density at radius 2 is 2.28 bits per heavy atom. The highest BCUT2D eigenvalue weighted by atomic mass is 32.1. The topological polar surface area (TPSA) is 64.6 Å². The fraction of sp³-hybridized carbons (Fsp3) is 0.500. The molecule has 2 heterocycles. The fourth-order valence-electron chi connectivity index (χ4n) is 1.90. The molecule has 98 valence electrons. The van der Waals surface area contributed by atoms with Crippen LogP contribution in [0.3, 0.4) is 0 Å². The van der Waals surface area contributed by atoms with Gasteiger partial charge >= 0.3 is 5.97 Å². The molecule has 1 aliphatic heterocycles. The number of fused-ring (bicyclic) bond motifs is 1. The van der Waals surface area contributed by atoms with Crippen molar-refractivity contribution in [1.29, 1.82) is 0 Å². The smallest absolute Gasteiger partial charge is 0.341 e. The monoisotopic (exact) mass is 269 g/mol. The zero-order valence-electron chi connectivity index (χ0n) is 10.4. The minimum atomic E-state index is -0.374. The maximum absolute atomic E-state index is 12.0. The lowest BCUT2D eigenvalue weighted by atomic mass is 10.1. The number of carbonyl (C=O) groups excluding carboxylic acids is 2. The molecule has 0 fully saturated rings. The van der Waals surface area contributed by atoms with Crippen LogP contribution in [0.4, 0.5) is 5.00 Å². The van der Waals surface area contributed by atoms with Gasteiger partial charge in [0.25, 0.3) is 0 Å². The minimum Gasteiger partial charge on any atom is -0.462 e. The van der Waals surface area contributed by atoms with Crippen LogP contribution >= 0.6 is 11.3 Å². The molecule has 18 heavy (non-hydrogen) atoms. The summed E-state index contributed by atoms with van der Waals surface area (Å²) in [6.07, 6.45) is 0.680. The lowest BCUT2D eigenvalue weighted by molar-refractivity contribution is -0.114. The molecule has 5 nitrogen and oxygen atoms in total. The molecule has 1 amide bonds. The van der Waals surface area contributed by atoms with Crippen molar-refractivity contribution in [2.45, 2.75) is 26.9 Å². The van der Waals surface area contributed by atoms with Gasteiger partial charge < -0.3 is 14.8 Å². The van der Waals surface area contributed by atoms with Gasteiger partial charge in [0.05, 0.1) is 25.4 Å². The van der Waals surface area contributed by atoms with Crippen LogP contribution in [0.5, 0.6) is 0 Å². The number of nitrogens with one attached hydrogen (secondary N) is 1. The molecule has 1 N–H and O–H groups in total. The van der Waals surface area contributed by atoms with Gasteiger partial charge in [-0.05, 0) is 18.9 Å². The summed E-state index contributed by atoms with van der Waals surface area (Å²) in [7, 11) is 0. The summed E-state index contributed by atoms with van der Waals surface area (Å²) in [5.74, 6) is -0.569. The summed E-state index contributed by atoms with van der Waals surface area (Å²) in [5.41, 5.74) is 1.45. The van der Waals surface area contributed by atoms with Gasteiger partial charge in [0, 0.05) is 11.8 Å². The number of hydrogen-bond acceptors (Lipinski definition) is 5. The lowest BCUT2D eigenvalue weighted by Crippen LogP contribution is -2.15. The Bertz CT molecular complexity index is 481. The summed E-state index contributed by atoms with van der Waals surface area (Å²) in [6.45, 7) is 4.59. The first kappa shape index (κ1) is 13.0. The Labute approximate surface area is 109 Å². The first-order valence-electron chi connectivity index (χ1n) is 5.80. The molecule has 0 bridgehead atoms. The first-order chi connectivity index (χ1) is 8.63. The van der Waals surface area contributed by atoms with Gasteiger partial charge in [0.2, 0.25) is 5.91 Å². The fourth-order valence-corrected chi connectivity index (χ4v) is 3.12. The van der Waals surface area contributed by atoms with E-state index in [0.29, 0.717) is 36.8 Å². The average molecular weight is 269 g/mol. The van der Waals surface area contributed by atoms with E-state index in [0.717, 1.165) is 10.4 Å². The van der Waals surface area contributed by atoms with E-state index in [2.05, 4.69) is 5.32 Å². The van der Waals surface area contributed by atoms with Crippen molar-refractivity contribution < 1.29 is 19.1 Å². The average Bonchev–Trinajstić information content (AvgIpc) is 2.66. The number of rotatable bonds is 3. The van der Waals surface area contributed by atoms with Gasteiger partial charge in [0.1, 0.15) is 5.00 Å². The van der Waals surface area contributed by atoms with Gasteiger partial charge in [-0.3, -0.25) is 4.79 Å². The molecule has 6 heteroatoms. The van der Waals surface area contributed by atoms with Gasteiger partial charge in [0.15, 0.2) is 0 Å². The van der Waals surface area contributed by atoms with Crippen LogP contribution in [-0.4, -0.2) is 25.1 Å². The van der Waals surface area contributed by atoms with Crippen LogP contribution < -0.4 is 5.32 Å². The third kappa shape index (κ3) is 2.54. The van der Waals surface area contributed by atoms with Crippen LogP contribution in [0, 0.1) is 0 Å². The highest BCUT2D eigenvalue weighted by Gasteiger charge is 2.26. The largest absolute Gasteiger partial charge is 0.462 e. The van der Waals surface area contributed by atoms with Crippen LogP contribution in [0.1, 0.15) is 34.6 Å². The van der Waals surface area contributed by atoms with Crippen LogP contribution in [0.2, 0.25) is 0 Å². The summed E-state index contributed by atoms with van der Waals surface area (Å²) < 4.78 is 10.4. The zero-order valence-corrected chi connectivity index (χ0v) is 11.2. The maximum atomic E-state index is 12.0. The summed E-state index contributed by atoms with van der Waals surface area (Å²) in [5, 5.41) is 3.26. The molecule has 0 spiro atoms. The van der Waals surface area contributed by atoms with Crippen molar-refractivity contribution >= 4 is 28.2 Å². The normalized spacial score (nSPS) is 13.9. The molecule has 0 unspecified atom stereocenters. The Balaban J connectivity index is 2.41. The molecule has 1 aromatic heterocycles. The van der Waals surface area contributed by atoms with E-state index in [1.807, 2.05) is 0 Å². The second kappa shape index (κ2) is 5.49. The predicted octanol–water partition coefficient (Wildman–Crippen LogP) is 1.96. The third-order valence-electron chi connectivity index (χ3n) is 2.59. The Kier molecular flexibility index (Phi) is 3.98. The zero-order chi connectivity index (χ0) is 13.1. The van der Waals surface area contributed by atoms with E-state index in [-0.39, 0.29) is 11.9 Å². The van der Waals surface area contributed by atoms with Crippen molar-refractivity contribution in [3.8, 4) is 0 Å². The van der Waals surface area contributed by atoms with Crippen molar-refractivity contribution in [3.05, 3.63) is 16.0 Å². The molecule has 0 radical (unpaired) electrons. The quantitative estimate of drug-likeness (QED) is 0.852. The number of hydrogen-bond donors (Lipinski definition) is 1. The number of esters is 1. The van der Waals surface area contributed by atoms with Crippen molar-refractivity contribution in [2.75, 3.05) is 18.5 Å². The Morgan fingerprint density at radius 3 is 2.94 bits per heavy atom. The van der Waals surface area contributed by atoms with Gasteiger partial charge in [-0.2, -0.15) is 0 Å². The van der Waals surface area contributed by atoms with E-state index >= 15 is 0 Å². The molecule has 0 saturated heterocycles. The Hall–Kier alpha value is -1.40. The molecule has 0 aromatic carbocycles. The van der Waals surface area contributed by atoms with Gasteiger partial charge in [-0.1, -0.05) is 0 Å². The number of carbonyl (C=O) groups is 2. The van der Waals surface area contributed by atoms with E-state index in [4.69, 9.17) is 9.47 Å². The molecule has 2 rings (SSSR count). The molecule has 1 aliphatic rings. The minimum absolute atomic E-state index is 0.194. The van der Waals surface area contributed by atoms with Crippen LogP contribution in [0.15, 0.2) is 0 Å². The van der Waals surface area contributed by atoms with E-state index in [1.54, 1.807) is 6.92 Å². The summed E-state index contributed by atoms with van der Waals surface area (Å²) in [4.78, 5) is 24.1. The van der Waals surface area contributed by atoms with E-state index < -0.39 is 0 Å². The summed E-state index contributed by atoms with van der Waals surface area (Å²) >= 11 is 1.39. The maximum Gasteiger partial charge on any atom is 0.341 e. The van der Waals surface area contributed by atoms with E-state index in [1.165, 1.54) is 18.3 Å². The second-order valence-electron chi connectivity index (χ2n) is 3.91. The molecule has 0 atom stereocenters. The van der Waals surface area contributed by atoms with Gasteiger partial charge in [-0.15, -0.1) is 11.3 Å². The lowest BCUT2D eigenvalue weighted by Gasteiger charge is -2.13. The highest BCUT2D eigenvalue weighted by Crippen LogP contribution is 2.36. The Morgan fingerprint density at radius 1 is 1.50 bits per heavy atom. The van der Waals surface area contributed by atoms with Crippen LogP contribution in [0.25, 0.3) is 0 Å². The molecule has 1 aromatic rings.